The normalized spacial score (nSPS) is 21.5. The standard InChI is InChI=1S/C24H29FN10O3/c1-37-16-10-18(21(36)27-15-4-5-19(25)26-12-15)35(13-16)24-30-22(28-20-11-17(32-33-20)14-2-3-14)29-23(31-24)34-6-8-38-9-7-34/h4-5,11-12,14,16,18H,2-3,6-10,13H2,1H3,(H,27,36)(H2,28,29,30,31,32,33)/t16-,18-/m0/s1. The molecule has 5 heterocycles. The number of aromatic amines is 1. The molecule has 2 saturated heterocycles. The first-order chi connectivity index (χ1) is 18.6. The first kappa shape index (κ1) is 24.4. The van der Waals surface area contributed by atoms with E-state index >= 15 is 0 Å². The number of rotatable bonds is 8. The van der Waals surface area contributed by atoms with Crippen LogP contribution in [0.15, 0.2) is 24.4 Å². The average Bonchev–Trinajstić information content (AvgIpc) is 3.52. The van der Waals surface area contributed by atoms with Crippen LogP contribution in [0.3, 0.4) is 0 Å². The van der Waals surface area contributed by atoms with Crippen LogP contribution in [-0.2, 0) is 14.3 Å². The fourth-order valence-electron chi connectivity index (χ4n) is 4.67. The maximum absolute atomic E-state index is 13.3. The third kappa shape index (κ3) is 5.36. The van der Waals surface area contributed by atoms with Gasteiger partial charge in [-0.05, 0) is 25.0 Å². The predicted molar refractivity (Wildman–Crippen MR) is 136 cm³/mol. The summed E-state index contributed by atoms with van der Waals surface area (Å²) in [5, 5.41) is 13.4. The van der Waals surface area contributed by atoms with E-state index in [1.165, 1.54) is 18.3 Å². The number of nitrogens with zero attached hydrogens (tertiary/aromatic N) is 7. The van der Waals surface area contributed by atoms with E-state index < -0.39 is 12.0 Å². The van der Waals surface area contributed by atoms with Gasteiger partial charge in [-0.15, -0.1) is 0 Å². The summed E-state index contributed by atoms with van der Waals surface area (Å²) in [6.07, 6.45) is 3.81. The molecule has 6 rings (SSSR count). The molecule has 0 bridgehead atoms. The van der Waals surface area contributed by atoms with Crippen molar-refractivity contribution >= 4 is 35.3 Å². The molecule has 13 nitrogen and oxygen atoms in total. The summed E-state index contributed by atoms with van der Waals surface area (Å²) < 4.78 is 24.3. The van der Waals surface area contributed by atoms with Gasteiger partial charge in [0.1, 0.15) is 11.9 Å². The van der Waals surface area contributed by atoms with Crippen molar-refractivity contribution in [3.8, 4) is 0 Å². The highest BCUT2D eigenvalue weighted by atomic mass is 19.1. The topological polar surface area (TPSA) is 146 Å². The first-order valence-corrected chi connectivity index (χ1v) is 12.7. The van der Waals surface area contributed by atoms with Crippen LogP contribution in [0.25, 0.3) is 0 Å². The van der Waals surface area contributed by atoms with Crippen LogP contribution in [0.4, 0.5) is 33.7 Å². The van der Waals surface area contributed by atoms with E-state index in [0.29, 0.717) is 74.5 Å². The van der Waals surface area contributed by atoms with Gasteiger partial charge in [0.2, 0.25) is 29.7 Å². The predicted octanol–water partition coefficient (Wildman–Crippen LogP) is 1.82. The van der Waals surface area contributed by atoms with Crippen LogP contribution in [0.5, 0.6) is 0 Å². The lowest BCUT2D eigenvalue weighted by Gasteiger charge is -2.29. The van der Waals surface area contributed by atoms with Crippen molar-refractivity contribution in [1.29, 1.82) is 0 Å². The molecule has 200 valence electrons. The summed E-state index contributed by atoms with van der Waals surface area (Å²) in [6.45, 7) is 2.84. The summed E-state index contributed by atoms with van der Waals surface area (Å²) in [4.78, 5) is 34.9. The smallest absolute Gasteiger partial charge is 0.247 e. The number of amides is 1. The Balaban J connectivity index is 1.30. The Kier molecular flexibility index (Phi) is 6.72. The third-order valence-corrected chi connectivity index (χ3v) is 6.90. The summed E-state index contributed by atoms with van der Waals surface area (Å²) in [7, 11) is 1.61. The van der Waals surface area contributed by atoms with Gasteiger partial charge in [0.05, 0.1) is 36.9 Å². The van der Waals surface area contributed by atoms with E-state index in [1.54, 1.807) is 7.11 Å². The number of carbonyl (C=O) groups is 1. The molecule has 3 aromatic rings. The van der Waals surface area contributed by atoms with Gasteiger partial charge in [-0.25, -0.2) is 4.98 Å². The number of nitrogens with one attached hydrogen (secondary N) is 3. The Morgan fingerprint density at radius 1 is 1.18 bits per heavy atom. The zero-order valence-corrected chi connectivity index (χ0v) is 20.9. The van der Waals surface area contributed by atoms with E-state index in [0.717, 1.165) is 18.5 Å². The van der Waals surface area contributed by atoms with Crippen molar-refractivity contribution in [2.75, 3.05) is 60.4 Å². The minimum absolute atomic E-state index is 0.203. The summed E-state index contributed by atoms with van der Waals surface area (Å²) in [5.74, 6) is 1.46. The third-order valence-electron chi connectivity index (χ3n) is 6.90. The van der Waals surface area contributed by atoms with Crippen LogP contribution in [0, 0.1) is 5.95 Å². The molecule has 1 amide bonds. The summed E-state index contributed by atoms with van der Waals surface area (Å²) in [6, 6.07) is 4.02. The van der Waals surface area contributed by atoms with Crippen molar-refractivity contribution < 1.29 is 18.7 Å². The molecule has 3 fully saturated rings. The van der Waals surface area contributed by atoms with Crippen molar-refractivity contribution in [2.24, 2.45) is 0 Å². The van der Waals surface area contributed by atoms with Gasteiger partial charge in [0.25, 0.3) is 0 Å². The average molecular weight is 525 g/mol. The lowest BCUT2D eigenvalue weighted by molar-refractivity contribution is -0.117. The van der Waals surface area contributed by atoms with Crippen LogP contribution in [0.1, 0.15) is 30.9 Å². The van der Waals surface area contributed by atoms with Crippen molar-refractivity contribution in [3.05, 3.63) is 36.0 Å². The van der Waals surface area contributed by atoms with Crippen LogP contribution < -0.4 is 20.4 Å². The van der Waals surface area contributed by atoms with Gasteiger partial charge in [0.15, 0.2) is 0 Å². The molecular formula is C24H29FN10O3. The highest BCUT2D eigenvalue weighted by Crippen LogP contribution is 2.39. The highest BCUT2D eigenvalue weighted by Gasteiger charge is 2.39. The first-order valence-electron chi connectivity index (χ1n) is 12.7. The Bertz CT molecular complexity index is 1280. The molecule has 3 aromatic heterocycles. The molecule has 38 heavy (non-hydrogen) atoms. The minimum Gasteiger partial charge on any atom is -0.380 e. The number of ether oxygens (including phenoxy) is 2. The number of carbonyl (C=O) groups excluding carboxylic acids is 1. The zero-order valence-electron chi connectivity index (χ0n) is 20.9. The van der Waals surface area contributed by atoms with Crippen LogP contribution in [0.2, 0.25) is 0 Å². The van der Waals surface area contributed by atoms with Gasteiger partial charge in [-0.2, -0.15) is 24.4 Å². The molecule has 0 aromatic carbocycles. The largest absolute Gasteiger partial charge is 0.380 e. The highest BCUT2D eigenvalue weighted by molar-refractivity contribution is 5.97. The fraction of sp³-hybridized carbons (Fsp3) is 0.500. The molecule has 2 atom stereocenters. The van der Waals surface area contributed by atoms with E-state index in [9.17, 15) is 9.18 Å². The monoisotopic (exact) mass is 524 g/mol. The van der Waals surface area contributed by atoms with E-state index in [4.69, 9.17) is 14.5 Å². The summed E-state index contributed by atoms with van der Waals surface area (Å²) in [5.41, 5.74) is 1.42. The van der Waals surface area contributed by atoms with Crippen molar-refractivity contribution in [2.45, 2.75) is 37.3 Å². The quantitative estimate of drug-likeness (QED) is 0.371. The maximum atomic E-state index is 13.3. The molecule has 0 unspecified atom stereocenters. The second-order valence-corrected chi connectivity index (χ2v) is 9.58. The van der Waals surface area contributed by atoms with Crippen LogP contribution in [-0.4, -0.2) is 88.1 Å². The molecular weight excluding hydrogens is 495 g/mol. The molecule has 1 saturated carbocycles. The molecule has 1 aliphatic carbocycles. The number of pyridine rings is 1. The number of morpholine rings is 1. The Morgan fingerprint density at radius 2 is 2.00 bits per heavy atom. The molecule has 0 spiro atoms. The number of anilines is 5. The van der Waals surface area contributed by atoms with Crippen molar-refractivity contribution in [3.63, 3.8) is 0 Å². The number of aromatic nitrogens is 6. The summed E-state index contributed by atoms with van der Waals surface area (Å²) >= 11 is 0. The number of hydrogen-bond acceptors (Lipinski definition) is 11. The number of hydrogen-bond donors (Lipinski definition) is 3. The maximum Gasteiger partial charge on any atom is 0.247 e. The Morgan fingerprint density at radius 3 is 2.74 bits per heavy atom. The second-order valence-electron chi connectivity index (χ2n) is 9.58. The lowest BCUT2D eigenvalue weighted by Crippen LogP contribution is -2.42. The number of H-pyrrole nitrogens is 1. The van der Waals surface area contributed by atoms with E-state index in [2.05, 4.69) is 35.8 Å². The number of methoxy groups -OCH3 is 1. The van der Waals surface area contributed by atoms with E-state index in [1.807, 2.05) is 15.9 Å². The lowest BCUT2D eigenvalue weighted by atomic mass is 10.2. The van der Waals surface area contributed by atoms with Crippen LogP contribution >= 0.6 is 0 Å². The number of halogens is 1. The van der Waals surface area contributed by atoms with Gasteiger partial charge >= 0.3 is 0 Å². The van der Waals surface area contributed by atoms with Gasteiger partial charge < -0.3 is 29.9 Å². The Hall–Kier alpha value is -3.91. The Labute approximate surface area is 218 Å². The molecule has 3 N–H and O–H groups in total. The molecule has 14 heteroatoms. The zero-order chi connectivity index (χ0) is 26.1. The van der Waals surface area contributed by atoms with Gasteiger partial charge in [0, 0.05) is 45.1 Å². The molecule has 2 aliphatic heterocycles. The van der Waals surface area contributed by atoms with Crippen molar-refractivity contribution in [1.82, 2.24) is 30.1 Å². The molecule has 3 aliphatic rings. The van der Waals surface area contributed by atoms with Gasteiger partial charge in [-0.1, -0.05) is 0 Å². The van der Waals surface area contributed by atoms with Gasteiger partial charge in [-0.3, -0.25) is 9.89 Å². The fourth-order valence-corrected chi connectivity index (χ4v) is 4.67. The SMILES string of the molecule is CO[C@H]1C[C@@H](C(=O)Nc2ccc(F)nc2)N(c2nc(Nc3cc(C4CC4)n[nH]3)nc(N3CCOCC3)n2)C1. The minimum atomic E-state index is -0.619. The molecule has 0 radical (unpaired) electrons. The second kappa shape index (κ2) is 10.5. The van der Waals surface area contributed by atoms with E-state index in [-0.39, 0.29) is 12.0 Å².